The molecule has 1 aromatic heterocycles. The van der Waals surface area contributed by atoms with Crippen molar-refractivity contribution in [3.8, 4) is 0 Å². The molecule has 2 rings (SSSR count). The van der Waals surface area contributed by atoms with E-state index in [1.54, 1.807) is 0 Å². The number of nitrogens with zero attached hydrogens (tertiary/aromatic N) is 2. The molecule has 124 valence electrons. The first-order valence-electron chi connectivity index (χ1n) is 8.66. The van der Waals surface area contributed by atoms with Crippen LogP contribution >= 0.6 is 0 Å². The Morgan fingerprint density at radius 2 is 1.96 bits per heavy atom. The average molecular weight is 310 g/mol. The van der Waals surface area contributed by atoms with E-state index < -0.39 is 0 Å². The molecule has 0 radical (unpaired) electrons. The van der Waals surface area contributed by atoms with Crippen LogP contribution in [0, 0.1) is 12.8 Å². The minimum absolute atomic E-state index is 0.724. The fourth-order valence-corrected chi connectivity index (χ4v) is 3.27. The van der Waals surface area contributed by atoms with E-state index in [9.17, 15) is 0 Å². The Morgan fingerprint density at radius 3 is 2.43 bits per heavy atom. The second-order valence-electron chi connectivity index (χ2n) is 6.81. The lowest BCUT2D eigenvalue weighted by atomic mass is 9.81. The molecule has 1 aliphatic rings. The van der Waals surface area contributed by atoms with Crippen LogP contribution in [0.1, 0.15) is 57.6 Å². The van der Waals surface area contributed by atoms with Gasteiger partial charge in [0.1, 0.15) is 5.49 Å². The zero-order chi connectivity index (χ0) is 17.1. The smallest absolute Gasteiger partial charge is 0.139 e. The van der Waals surface area contributed by atoms with Gasteiger partial charge in [-0.25, -0.2) is 4.99 Å². The summed E-state index contributed by atoms with van der Waals surface area (Å²) in [6.07, 6.45) is 7.04. The summed E-state index contributed by atoms with van der Waals surface area (Å²) >= 11 is 0. The number of aromatic nitrogens is 1. The second-order valence-corrected chi connectivity index (χ2v) is 6.81. The van der Waals surface area contributed by atoms with Gasteiger partial charge in [-0.15, -0.1) is 0 Å². The summed E-state index contributed by atoms with van der Waals surface area (Å²) in [6.45, 7) is 22.1. The van der Waals surface area contributed by atoms with Crippen LogP contribution < -0.4 is 16.1 Å². The molecule has 2 heteroatoms. The first kappa shape index (κ1) is 17.5. The molecule has 1 aliphatic carbocycles. The summed E-state index contributed by atoms with van der Waals surface area (Å²) in [5.41, 5.74) is 5.63. The van der Waals surface area contributed by atoms with Crippen molar-refractivity contribution in [2.24, 2.45) is 10.9 Å². The van der Waals surface area contributed by atoms with Crippen LogP contribution in [0.5, 0.6) is 0 Å². The van der Waals surface area contributed by atoms with Crippen LogP contribution in [0.25, 0.3) is 18.7 Å². The number of hydrogen-bond acceptors (Lipinski definition) is 1. The van der Waals surface area contributed by atoms with Crippen LogP contribution in [0.3, 0.4) is 0 Å². The lowest BCUT2D eigenvalue weighted by Crippen LogP contribution is -2.46. The van der Waals surface area contributed by atoms with Gasteiger partial charge in [0.25, 0.3) is 0 Å². The summed E-state index contributed by atoms with van der Waals surface area (Å²) in [4.78, 5) is 4.82. The highest BCUT2D eigenvalue weighted by Gasteiger charge is 2.18. The lowest BCUT2D eigenvalue weighted by molar-refractivity contribution is 0.367. The number of pyridine rings is 1. The number of rotatable bonds is 5. The second kappa shape index (κ2) is 7.16. The fraction of sp³-hybridized carbons (Fsp3) is 0.476. The molecule has 0 amide bonds. The molecule has 1 aromatic rings. The van der Waals surface area contributed by atoms with E-state index in [0.717, 1.165) is 51.6 Å². The molecule has 1 saturated carbocycles. The summed E-state index contributed by atoms with van der Waals surface area (Å²) in [6, 6.07) is 0. The van der Waals surface area contributed by atoms with Crippen LogP contribution in [-0.2, 0) is 6.54 Å². The van der Waals surface area contributed by atoms with Gasteiger partial charge < -0.3 is 4.57 Å². The molecule has 0 atom stereocenters. The third kappa shape index (κ3) is 3.41. The summed E-state index contributed by atoms with van der Waals surface area (Å²) in [7, 11) is 0. The van der Waals surface area contributed by atoms with Crippen molar-refractivity contribution in [1.29, 1.82) is 0 Å². The zero-order valence-electron chi connectivity index (χ0n) is 15.2. The normalized spacial score (nSPS) is 16.5. The van der Waals surface area contributed by atoms with E-state index in [-0.39, 0.29) is 0 Å². The van der Waals surface area contributed by atoms with Gasteiger partial charge in [-0.05, 0) is 57.1 Å². The molecule has 0 aliphatic heterocycles. The predicted molar refractivity (Wildman–Crippen MR) is 101 cm³/mol. The van der Waals surface area contributed by atoms with E-state index in [1.807, 2.05) is 13.1 Å². The molecule has 0 unspecified atom stereocenters. The number of allylic oxidation sites excluding steroid dienone is 2. The monoisotopic (exact) mass is 310 g/mol. The molecule has 1 heterocycles. The highest BCUT2D eigenvalue weighted by Crippen LogP contribution is 2.32. The van der Waals surface area contributed by atoms with Gasteiger partial charge in [0, 0.05) is 28.9 Å². The summed E-state index contributed by atoms with van der Waals surface area (Å²) in [5.74, 6) is 0.724. The Bertz CT molecular complexity index is 802. The van der Waals surface area contributed by atoms with Gasteiger partial charge in [0.05, 0.1) is 0 Å². The van der Waals surface area contributed by atoms with Crippen LogP contribution in [0.2, 0.25) is 0 Å². The maximum absolute atomic E-state index is 4.82. The molecule has 23 heavy (non-hydrogen) atoms. The minimum Gasteiger partial charge on any atom is -0.326 e. The number of hydrogen-bond donors (Lipinski definition) is 0. The highest BCUT2D eigenvalue weighted by atomic mass is 15.0. The largest absolute Gasteiger partial charge is 0.326 e. The van der Waals surface area contributed by atoms with Gasteiger partial charge in [-0.1, -0.05) is 38.7 Å². The third-order valence-corrected chi connectivity index (χ3v) is 4.98. The third-order valence-electron chi connectivity index (χ3n) is 4.98. The van der Waals surface area contributed by atoms with Gasteiger partial charge in [0.15, 0.2) is 0 Å². The minimum atomic E-state index is 0.724. The maximum atomic E-state index is 4.82. The molecule has 0 aromatic carbocycles. The first-order valence-corrected chi connectivity index (χ1v) is 8.66. The van der Waals surface area contributed by atoms with E-state index >= 15 is 0 Å². The molecular formula is C21H30N2. The quantitative estimate of drug-likeness (QED) is 0.790. The highest BCUT2D eigenvalue weighted by molar-refractivity contribution is 5.64. The Labute approximate surface area is 140 Å². The van der Waals surface area contributed by atoms with Gasteiger partial charge >= 0.3 is 0 Å². The van der Waals surface area contributed by atoms with E-state index in [4.69, 9.17) is 4.99 Å². The van der Waals surface area contributed by atoms with Crippen LogP contribution in [0.4, 0.5) is 0 Å². The van der Waals surface area contributed by atoms with Crippen molar-refractivity contribution in [3.63, 3.8) is 0 Å². The lowest BCUT2D eigenvalue weighted by Gasteiger charge is -2.25. The fourth-order valence-electron chi connectivity index (χ4n) is 3.27. The molecule has 0 N–H and O–H groups in total. The van der Waals surface area contributed by atoms with Crippen molar-refractivity contribution in [2.75, 3.05) is 0 Å². The van der Waals surface area contributed by atoms with E-state index in [1.165, 1.54) is 24.8 Å². The molecule has 0 spiro atoms. The van der Waals surface area contributed by atoms with Gasteiger partial charge in [-0.2, -0.15) is 0 Å². The van der Waals surface area contributed by atoms with Crippen molar-refractivity contribution in [3.05, 3.63) is 45.5 Å². The van der Waals surface area contributed by atoms with Crippen LogP contribution in [-0.4, -0.2) is 4.57 Å². The molecule has 1 fully saturated rings. The summed E-state index contributed by atoms with van der Waals surface area (Å²) < 4.78 is 2.20. The van der Waals surface area contributed by atoms with E-state index in [2.05, 4.69) is 45.1 Å². The maximum Gasteiger partial charge on any atom is 0.139 e. The Kier molecular flexibility index (Phi) is 5.46. The molecular weight excluding hydrogens is 280 g/mol. The van der Waals surface area contributed by atoms with Crippen molar-refractivity contribution < 1.29 is 0 Å². The average Bonchev–Trinajstić information content (AvgIpc) is 2.42. The van der Waals surface area contributed by atoms with Gasteiger partial charge in [0.2, 0.25) is 0 Å². The van der Waals surface area contributed by atoms with Crippen molar-refractivity contribution in [2.45, 2.75) is 59.9 Å². The Morgan fingerprint density at radius 1 is 1.30 bits per heavy atom. The Hall–Kier alpha value is -1.83. The SMILES string of the molecule is C=C(C)c1c(C)c(=C)/c(=N\C=C(/C)C2CCC2)n(CCC)c1=C. The zero-order valence-corrected chi connectivity index (χ0v) is 15.2. The van der Waals surface area contributed by atoms with Gasteiger partial charge in [-0.3, -0.25) is 0 Å². The predicted octanol–water partition coefficient (Wildman–Crippen LogP) is 3.66. The Balaban J connectivity index is 2.69. The summed E-state index contributed by atoms with van der Waals surface area (Å²) in [5, 5.41) is 1.99. The first-order chi connectivity index (χ1) is 10.9. The topological polar surface area (TPSA) is 17.3 Å². The van der Waals surface area contributed by atoms with E-state index in [0.29, 0.717) is 0 Å². The molecule has 0 saturated heterocycles. The van der Waals surface area contributed by atoms with Crippen molar-refractivity contribution >= 4 is 18.7 Å². The molecule has 2 nitrogen and oxygen atoms in total. The standard InChI is InChI=1S/C21H30N2/c1-8-12-23-18(7)20(14(2)3)16(5)17(6)21(23)22-13-15(4)19-10-9-11-19/h13,19H,2,6-12H2,1,3-5H3/b15-13+,22-21+. The van der Waals surface area contributed by atoms with Crippen LogP contribution in [0.15, 0.2) is 23.3 Å². The van der Waals surface area contributed by atoms with Crippen molar-refractivity contribution in [1.82, 2.24) is 4.57 Å². The molecule has 0 bridgehead atoms.